The highest BCUT2D eigenvalue weighted by molar-refractivity contribution is 6.32. The monoisotopic (exact) mass is 332 g/mol. The Morgan fingerprint density at radius 3 is 2.08 bits per heavy atom. The van der Waals surface area contributed by atoms with Gasteiger partial charge in [-0.25, -0.2) is 0 Å². The van der Waals surface area contributed by atoms with Gasteiger partial charge in [-0.3, -0.25) is 9.59 Å². The van der Waals surface area contributed by atoms with Crippen molar-refractivity contribution in [1.82, 2.24) is 0 Å². The Balaban J connectivity index is 2.39. The van der Waals surface area contributed by atoms with Crippen LogP contribution in [0, 0.1) is 11.8 Å². The van der Waals surface area contributed by atoms with Crippen molar-refractivity contribution in [2.24, 2.45) is 0 Å². The first-order valence-electron chi connectivity index (χ1n) is 7.97. The maximum atomic E-state index is 12.7. The highest BCUT2D eigenvalue weighted by atomic mass is 16.6. The summed E-state index contributed by atoms with van der Waals surface area (Å²) in [6, 6.07) is 19.0. The van der Waals surface area contributed by atoms with Gasteiger partial charge < -0.3 is 4.74 Å². The van der Waals surface area contributed by atoms with Crippen molar-refractivity contribution < 1.29 is 14.3 Å². The third-order valence-electron chi connectivity index (χ3n) is 3.32. The quantitative estimate of drug-likeness (QED) is 0.278. The minimum absolute atomic E-state index is 0.324. The van der Waals surface area contributed by atoms with E-state index in [2.05, 4.69) is 11.8 Å². The lowest BCUT2D eigenvalue weighted by molar-refractivity contribution is -0.149. The number of hydrogen-bond acceptors (Lipinski definition) is 3. The highest BCUT2D eigenvalue weighted by Gasteiger charge is 2.18. The average molecular weight is 332 g/mol. The molecular weight excluding hydrogens is 312 g/mol. The van der Waals surface area contributed by atoms with Crippen LogP contribution in [0.4, 0.5) is 0 Å². The van der Waals surface area contributed by atoms with Crippen LogP contribution in [0.3, 0.4) is 0 Å². The number of rotatable bonds is 4. The van der Waals surface area contributed by atoms with Gasteiger partial charge in [0.1, 0.15) is 0 Å². The number of Topliss-reactive ketones (excluding diaryl/α,β-unsaturated/α-hetero) is 1. The number of carbonyl (C=O) groups excluding carboxylic acids is 2. The summed E-state index contributed by atoms with van der Waals surface area (Å²) in [6.07, 6.45) is 1.81. The summed E-state index contributed by atoms with van der Waals surface area (Å²) in [4.78, 5) is 23.8. The van der Waals surface area contributed by atoms with Gasteiger partial charge in [-0.05, 0) is 42.9 Å². The topological polar surface area (TPSA) is 43.4 Å². The minimum atomic E-state index is -1.02. The number of benzene rings is 2. The summed E-state index contributed by atoms with van der Waals surface area (Å²) < 4.78 is 5.11. The zero-order valence-corrected chi connectivity index (χ0v) is 14.6. The molecule has 0 aliphatic rings. The maximum Gasteiger partial charge on any atom is 0.304 e. The smallest absolute Gasteiger partial charge is 0.304 e. The van der Waals surface area contributed by atoms with E-state index in [0.717, 1.165) is 11.1 Å². The van der Waals surface area contributed by atoms with Crippen LogP contribution in [-0.2, 0) is 14.3 Å². The third-order valence-corrected chi connectivity index (χ3v) is 3.32. The minimum Gasteiger partial charge on any atom is -0.447 e. The lowest BCUT2D eigenvalue weighted by Gasteiger charge is -2.16. The molecule has 3 nitrogen and oxygen atoms in total. The van der Waals surface area contributed by atoms with Gasteiger partial charge in [0.2, 0.25) is 5.78 Å². The molecule has 3 heteroatoms. The zero-order valence-electron chi connectivity index (χ0n) is 14.6. The van der Waals surface area contributed by atoms with E-state index in [4.69, 9.17) is 4.74 Å². The van der Waals surface area contributed by atoms with E-state index in [-0.39, 0.29) is 5.78 Å². The summed E-state index contributed by atoms with van der Waals surface area (Å²) in [7, 11) is 0. The van der Waals surface area contributed by atoms with Crippen LogP contribution in [0.5, 0.6) is 0 Å². The summed E-state index contributed by atoms with van der Waals surface area (Å²) in [5.74, 6) is 4.60. The molecule has 0 bridgehead atoms. The summed E-state index contributed by atoms with van der Waals surface area (Å²) in [5, 5.41) is 0. The summed E-state index contributed by atoms with van der Waals surface area (Å²) >= 11 is 0. The van der Waals surface area contributed by atoms with Crippen molar-refractivity contribution in [1.29, 1.82) is 0 Å². The molecule has 126 valence electrons. The molecule has 0 amide bonds. The first kappa shape index (κ1) is 18.2. The molecule has 0 radical (unpaired) electrons. The van der Waals surface area contributed by atoms with Crippen LogP contribution >= 0.6 is 0 Å². The Hall–Kier alpha value is -3.12. The van der Waals surface area contributed by atoms with Crippen LogP contribution in [0.15, 0.2) is 60.7 Å². The van der Waals surface area contributed by atoms with Crippen molar-refractivity contribution in [3.05, 3.63) is 71.8 Å². The van der Waals surface area contributed by atoms with Crippen molar-refractivity contribution in [2.45, 2.75) is 26.4 Å². The van der Waals surface area contributed by atoms with E-state index in [1.165, 1.54) is 6.92 Å². The molecule has 0 aliphatic carbocycles. The summed E-state index contributed by atoms with van der Waals surface area (Å²) in [6.45, 7) is 4.62. The fraction of sp³-hybridized carbons (Fsp3) is 0.182. The lowest BCUT2D eigenvalue weighted by atomic mass is 9.98. The second kappa shape index (κ2) is 8.12. The van der Waals surface area contributed by atoms with Crippen LogP contribution in [0.25, 0.3) is 11.6 Å². The van der Waals surface area contributed by atoms with Gasteiger partial charge >= 0.3 is 5.97 Å². The van der Waals surface area contributed by atoms with Gasteiger partial charge in [-0.15, -0.1) is 0 Å². The first-order chi connectivity index (χ1) is 11.9. The Kier molecular flexibility index (Phi) is 5.92. The predicted molar refractivity (Wildman–Crippen MR) is 99.4 cm³/mol. The van der Waals surface area contributed by atoms with E-state index >= 15 is 0 Å². The van der Waals surface area contributed by atoms with Gasteiger partial charge in [-0.2, -0.15) is 0 Å². The Morgan fingerprint density at radius 1 is 0.960 bits per heavy atom. The fourth-order valence-electron chi connectivity index (χ4n) is 2.27. The molecule has 0 N–H and O–H groups in total. The first-order valence-corrected chi connectivity index (χ1v) is 7.97. The van der Waals surface area contributed by atoms with Crippen LogP contribution < -0.4 is 0 Å². The zero-order chi connectivity index (χ0) is 18.3. The van der Waals surface area contributed by atoms with Crippen LogP contribution in [0.2, 0.25) is 0 Å². The van der Waals surface area contributed by atoms with Gasteiger partial charge in [0.15, 0.2) is 5.60 Å². The normalized spacial score (nSPS) is 11.2. The SMILES string of the molecule is CC(=O)OC(C)(C)C#CC(=O)/C(=C/c1ccccc1)c1ccccc1. The van der Waals surface area contributed by atoms with E-state index in [1.54, 1.807) is 13.8 Å². The molecule has 0 saturated carbocycles. The molecule has 0 saturated heterocycles. The number of hydrogen-bond donors (Lipinski definition) is 0. The molecule has 0 unspecified atom stereocenters. The maximum absolute atomic E-state index is 12.7. The Morgan fingerprint density at radius 2 is 1.52 bits per heavy atom. The van der Waals surface area contributed by atoms with Gasteiger partial charge in [0.25, 0.3) is 0 Å². The molecule has 2 rings (SSSR count). The van der Waals surface area contributed by atoms with Gasteiger partial charge in [0.05, 0.1) is 0 Å². The van der Waals surface area contributed by atoms with Crippen molar-refractivity contribution in [3.8, 4) is 11.8 Å². The highest BCUT2D eigenvalue weighted by Crippen LogP contribution is 2.19. The lowest BCUT2D eigenvalue weighted by Crippen LogP contribution is -2.25. The van der Waals surface area contributed by atoms with E-state index in [9.17, 15) is 9.59 Å². The van der Waals surface area contributed by atoms with Gasteiger partial charge in [0, 0.05) is 12.5 Å². The molecule has 0 spiro atoms. The molecule has 2 aromatic rings. The molecule has 2 aromatic carbocycles. The second-order valence-electron chi connectivity index (χ2n) is 6.02. The molecule has 0 fully saturated rings. The molecule has 0 atom stereocenters. The third kappa shape index (κ3) is 5.78. The molecular formula is C22H20O3. The van der Waals surface area contributed by atoms with E-state index in [1.807, 2.05) is 66.7 Å². The second-order valence-corrected chi connectivity index (χ2v) is 6.02. The van der Waals surface area contributed by atoms with Crippen LogP contribution in [0.1, 0.15) is 31.9 Å². The molecule has 25 heavy (non-hydrogen) atoms. The molecule has 0 heterocycles. The predicted octanol–water partition coefficient (Wildman–Crippen LogP) is 4.14. The number of carbonyl (C=O) groups is 2. The van der Waals surface area contributed by atoms with Crippen LogP contribution in [-0.4, -0.2) is 17.4 Å². The molecule has 0 aliphatic heterocycles. The van der Waals surface area contributed by atoms with Crippen molar-refractivity contribution in [2.75, 3.05) is 0 Å². The van der Waals surface area contributed by atoms with E-state index < -0.39 is 11.6 Å². The van der Waals surface area contributed by atoms with Crippen molar-refractivity contribution in [3.63, 3.8) is 0 Å². The molecule has 0 aromatic heterocycles. The fourth-order valence-corrected chi connectivity index (χ4v) is 2.27. The standard InChI is InChI=1S/C22H20O3/c1-17(23)25-22(2,3)15-14-21(24)20(19-12-8-5-9-13-19)16-18-10-6-4-7-11-18/h4-13,16H,1-3H3/b20-16+. The van der Waals surface area contributed by atoms with Crippen molar-refractivity contribution >= 4 is 23.4 Å². The Labute approximate surface area is 148 Å². The number of ketones is 1. The summed E-state index contributed by atoms with van der Waals surface area (Å²) in [5.41, 5.74) is 1.18. The van der Waals surface area contributed by atoms with Gasteiger partial charge in [-0.1, -0.05) is 60.7 Å². The van der Waals surface area contributed by atoms with E-state index in [0.29, 0.717) is 5.57 Å². The number of allylic oxidation sites excluding steroid dienone is 1. The average Bonchev–Trinajstić information content (AvgIpc) is 2.58. The largest absolute Gasteiger partial charge is 0.447 e. The Bertz CT molecular complexity index is 835. The number of esters is 1. The number of ether oxygens (including phenoxy) is 1.